The van der Waals surface area contributed by atoms with Crippen LogP contribution in [-0.4, -0.2) is 23.4 Å². The largest absolute Gasteiger partial charge is 0.490 e. The third kappa shape index (κ3) is 4.71. The molecule has 0 saturated carbocycles. The molecule has 0 amide bonds. The summed E-state index contributed by atoms with van der Waals surface area (Å²) in [6, 6.07) is 6.78. The Hall–Kier alpha value is -2.15. The third-order valence-electron chi connectivity index (χ3n) is 2.73. The number of rotatable bonds is 8. The number of aromatic nitrogens is 2. The quantitative estimate of drug-likeness (QED) is 0.786. The van der Waals surface area contributed by atoms with Crippen molar-refractivity contribution in [1.82, 2.24) is 15.5 Å². The number of H-pyrrole nitrogens is 1. The number of nitrogens with zero attached hydrogens (tertiary/aromatic N) is 1. The molecule has 1 heterocycles. The zero-order valence-corrected chi connectivity index (χ0v) is 11.6. The molecular formula is C14H17F2N3O2. The predicted octanol–water partition coefficient (Wildman–Crippen LogP) is 2.70. The zero-order chi connectivity index (χ0) is 15.1. The highest BCUT2D eigenvalue weighted by molar-refractivity contribution is 5.43. The third-order valence-corrected chi connectivity index (χ3v) is 2.73. The second kappa shape index (κ2) is 7.58. The van der Waals surface area contributed by atoms with E-state index in [1.807, 2.05) is 6.07 Å². The summed E-state index contributed by atoms with van der Waals surface area (Å²) >= 11 is 0. The average molecular weight is 297 g/mol. The standard InChI is InChI=1S/C14H17F2N3O2/c1-2-20-13-7-10(3-4-12(13)21-14(15)16)8-17-9-11-5-6-18-19-11/h3-7,14,17H,2,8-9H2,1H3,(H,18,19). The minimum atomic E-state index is -2.87. The maximum Gasteiger partial charge on any atom is 0.387 e. The lowest BCUT2D eigenvalue weighted by Crippen LogP contribution is -2.13. The summed E-state index contributed by atoms with van der Waals surface area (Å²) in [6.07, 6.45) is 1.68. The van der Waals surface area contributed by atoms with Gasteiger partial charge in [0.05, 0.1) is 6.61 Å². The van der Waals surface area contributed by atoms with Crippen molar-refractivity contribution >= 4 is 0 Å². The van der Waals surface area contributed by atoms with Crippen LogP contribution in [0.3, 0.4) is 0 Å². The molecule has 0 radical (unpaired) electrons. The molecule has 2 aromatic rings. The van der Waals surface area contributed by atoms with Crippen LogP contribution in [0.5, 0.6) is 11.5 Å². The van der Waals surface area contributed by atoms with Crippen LogP contribution < -0.4 is 14.8 Å². The van der Waals surface area contributed by atoms with Crippen molar-refractivity contribution in [1.29, 1.82) is 0 Å². The Balaban J connectivity index is 1.97. The molecule has 0 unspecified atom stereocenters. The maximum absolute atomic E-state index is 12.3. The Morgan fingerprint density at radius 1 is 1.24 bits per heavy atom. The molecular weight excluding hydrogens is 280 g/mol. The van der Waals surface area contributed by atoms with E-state index in [4.69, 9.17) is 4.74 Å². The first kappa shape index (κ1) is 15.2. The zero-order valence-electron chi connectivity index (χ0n) is 11.6. The van der Waals surface area contributed by atoms with E-state index >= 15 is 0 Å². The number of alkyl halides is 2. The number of nitrogens with one attached hydrogen (secondary N) is 2. The minimum Gasteiger partial charge on any atom is -0.490 e. The molecule has 7 heteroatoms. The summed E-state index contributed by atoms with van der Waals surface area (Å²) in [4.78, 5) is 0. The Bertz CT molecular complexity index is 547. The molecule has 1 aromatic carbocycles. The van der Waals surface area contributed by atoms with Crippen LogP contribution in [0.2, 0.25) is 0 Å². The fourth-order valence-corrected chi connectivity index (χ4v) is 1.85. The molecule has 5 nitrogen and oxygen atoms in total. The monoisotopic (exact) mass is 297 g/mol. The number of benzene rings is 1. The van der Waals surface area contributed by atoms with E-state index in [-0.39, 0.29) is 5.75 Å². The molecule has 2 rings (SSSR count). The number of halogens is 2. The Morgan fingerprint density at radius 3 is 2.76 bits per heavy atom. The van der Waals surface area contributed by atoms with Crippen LogP contribution >= 0.6 is 0 Å². The van der Waals surface area contributed by atoms with Crippen LogP contribution in [-0.2, 0) is 13.1 Å². The van der Waals surface area contributed by atoms with Gasteiger partial charge in [-0.15, -0.1) is 0 Å². The SMILES string of the molecule is CCOc1cc(CNCc2ccn[nH]2)ccc1OC(F)F. The molecule has 114 valence electrons. The molecule has 0 atom stereocenters. The fourth-order valence-electron chi connectivity index (χ4n) is 1.85. The molecule has 0 bridgehead atoms. The molecule has 0 saturated heterocycles. The molecule has 2 N–H and O–H groups in total. The van der Waals surface area contributed by atoms with E-state index in [1.54, 1.807) is 25.3 Å². The Kier molecular flexibility index (Phi) is 5.51. The number of hydrogen-bond acceptors (Lipinski definition) is 4. The van der Waals surface area contributed by atoms with Gasteiger partial charge in [-0.3, -0.25) is 5.10 Å². The van der Waals surface area contributed by atoms with Gasteiger partial charge in [0.15, 0.2) is 11.5 Å². The van der Waals surface area contributed by atoms with E-state index in [9.17, 15) is 8.78 Å². The first-order valence-electron chi connectivity index (χ1n) is 6.58. The van der Waals surface area contributed by atoms with Gasteiger partial charge in [0, 0.05) is 25.0 Å². The van der Waals surface area contributed by atoms with Gasteiger partial charge in [0.1, 0.15) is 0 Å². The second-order valence-electron chi connectivity index (χ2n) is 4.28. The van der Waals surface area contributed by atoms with E-state index in [0.717, 1.165) is 11.3 Å². The minimum absolute atomic E-state index is 0.0455. The number of ether oxygens (including phenoxy) is 2. The Morgan fingerprint density at radius 2 is 2.10 bits per heavy atom. The van der Waals surface area contributed by atoms with Crippen molar-refractivity contribution < 1.29 is 18.3 Å². The van der Waals surface area contributed by atoms with Crippen molar-refractivity contribution in [2.24, 2.45) is 0 Å². The summed E-state index contributed by atoms with van der Waals surface area (Å²) in [5, 5.41) is 9.92. The molecule has 0 aliphatic heterocycles. The molecule has 0 fully saturated rings. The van der Waals surface area contributed by atoms with E-state index < -0.39 is 6.61 Å². The lowest BCUT2D eigenvalue weighted by atomic mass is 10.2. The topological polar surface area (TPSA) is 59.2 Å². The highest BCUT2D eigenvalue weighted by Gasteiger charge is 2.11. The van der Waals surface area contributed by atoms with Crippen molar-refractivity contribution in [3.05, 3.63) is 41.7 Å². The van der Waals surface area contributed by atoms with Gasteiger partial charge < -0.3 is 14.8 Å². The average Bonchev–Trinajstić information content (AvgIpc) is 2.94. The maximum atomic E-state index is 12.3. The first-order valence-corrected chi connectivity index (χ1v) is 6.58. The summed E-state index contributed by atoms with van der Waals surface area (Å²) < 4.78 is 34.4. The van der Waals surface area contributed by atoms with Gasteiger partial charge in [0.25, 0.3) is 0 Å². The van der Waals surface area contributed by atoms with Crippen molar-refractivity contribution in [3.63, 3.8) is 0 Å². The molecule has 0 spiro atoms. The summed E-state index contributed by atoms with van der Waals surface area (Å²) in [5.41, 5.74) is 1.89. The van der Waals surface area contributed by atoms with E-state index in [0.29, 0.717) is 25.4 Å². The molecule has 1 aromatic heterocycles. The lowest BCUT2D eigenvalue weighted by Gasteiger charge is -2.13. The van der Waals surface area contributed by atoms with Gasteiger partial charge in [-0.2, -0.15) is 13.9 Å². The summed E-state index contributed by atoms with van der Waals surface area (Å²) in [5.74, 6) is 0.364. The smallest absolute Gasteiger partial charge is 0.387 e. The van der Waals surface area contributed by atoms with E-state index in [1.165, 1.54) is 6.07 Å². The number of aromatic amines is 1. The summed E-state index contributed by atoms with van der Waals surface area (Å²) in [6.45, 7) is 0.515. The van der Waals surface area contributed by atoms with Crippen molar-refractivity contribution in [2.75, 3.05) is 6.61 Å². The predicted molar refractivity (Wildman–Crippen MR) is 73.4 cm³/mol. The Labute approximate surface area is 121 Å². The second-order valence-corrected chi connectivity index (χ2v) is 4.28. The van der Waals surface area contributed by atoms with Crippen molar-refractivity contribution in [3.8, 4) is 11.5 Å². The van der Waals surface area contributed by atoms with Crippen molar-refractivity contribution in [2.45, 2.75) is 26.6 Å². The fraction of sp³-hybridized carbons (Fsp3) is 0.357. The summed E-state index contributed by atoms with van der Waals surface area (Å²) in [7, 11) is 0. The lowest BCUT2D eigenvalue weighted by molar-refractivity contribution is -0.0514. The van der Waals surface area contributed by atoms with Gasteiger partial charge in [-0.05, 0) is 30.7 Å². The van der Waals surface area contributed by atoms with Crippen LogP contribution in [0.1, 0.15) is 18.2 Å². The van der Waals surface area contributed by atoms with Gasteiger partial charge >= 0.3 is 6.61 Å². The molecule has 0 aliphatic rings. The highest BCUT2D eigenvalue weighted by atomic mass is 19.3. The van der Waals surface area contributed by atoms with Gasteiger partial charge in [0.2, 0.25) is 0 Å². The highest BCUT2D eigenvalue weighted by Crippen LogP contribution is 2.29. The van der Waals surface area contributed by atoms with E-state index in [2.05, 4.69) is 20.3 Å². The van der Waals surface area contributed by atoms with Gasteiger partial charge in [-0.1, -0.05) is 6.07 Å². The molecule has 0 aliphatic carbocycles. The molecule has 21 heavy (non-hydrogen) atoms. The first-order chi connectivity index (χ1) is 10.2. The van der Waals surface area contributed by atoms with Crippen LogP contribution in [0.15, 0.2) is 30.5 Å². The van der Waals surface area contributed by atoms with Crippen LogP contribution in [0, 0.1) is 0 Å². The van der Waals surface area contributed by atoms with Crippen LogP contribution in [0.25, 0.3) is 0 Å². The van der Waals surface area contributed by atoms with Gasteiger partial charge in [-0.25, -0.2) is 0 Å². The normalized spacial score (nSPS) is 10.9. The number of hydrogen-bond donors (Lipinski definition) is 2. The van der Waals surface area contributed by atoms with Crippen LogP contribution in [0.4, 0.5) is 8.78 Å².